The van der Waals surface area contributed by atoms with Gasteiger partial charge in [0.15, 0.2) is 0 Å². The normalized spacial score (nSPS) is 13.1. The molecule has 0 bridgehead atoms. The molecule has 33 heavy (non-hydrogen) atoms. The first-order chi connectivity index (χ1) is 15.9. The van der Waals surface area contributed by atoms with Gasteiger partial charge in [0.05, 0.1) is 6.10 Å². The van der Waals surface area contributed by atoms with Crippen LogP contribution in [0.5, 0.6) is 0 Å². The van der Waals surface area contributed by atoms with E-state index in [-0.39, 0.29) is 11.1 Å². The summed E-state index contributed by atoms with van der Waals surface area (Å²) in [4.78, 5) is 0. The smallest absolute Gasteiger partial charge is 0.261 e. The van der Waals surface area contributed by atoms with Crippen LogP contribution in [0.15, 0.2) is 73.3 Å². The van der Waals surface area contributed by atoms with Crippen molar-refractivity contribution in [2.45, 2.75) is 96.1 Å². The molecule has 0 aromatic heterocycles. The standard InChI is InChI=1S/C30H46O2Si/c1-5-27(31)21-15-11-9-7-6-8-10-12-20-26-32-33(30(2,3)4,28-22-16-13-17-23-28)29-24-18-14-19-25-29/h5,13-14,16-19,22-25,27,31H,1,6-12,15,20-21,26H2,2-4H3/t27-/m0/s1. The van der Waals surface area contributed by atoms with E-state index in [4.69, 9.17) is 4.43 Å². The van der Waals surface area contributed by atoms with Crippen LogP contribution in [0.2, 0.25) is 5.04 Å². The van der Waals surface area contributed by atoms with Crippen LogP contribution in [0.4, 0.5) is 0 Å². The Morgan fingerprint density at radius 2 is 1.18 bits per heavy atom. The molecule has 0 amide bonds. The Balaban J connectivity index is 1.80. The van der Waals surface area contributed by atoms with Gasteiger partial charge in [0.1, 0.15) is 0 Å². The molecule has 0 unspecified atom stereocenters. The number of aliphatic hydroxyl groups is 1. The lowest BCUT2D eigenvalue weighted by atomic mass is 10.1. The molecule has 182 valence electrons. The molecule has 2 nitrogen and oxygen atoms in total. The third-order valence-electron chi connectivity index (χ3n) is 6.65. The molecule has 1 N–H and O–H groups in total. The van der Waals surface area contributed by atoms with E-state index in [2.05, 4.69) is 88.0 Å². The zero-order chi connectivity index (χ0) is 24.0. The lowest BCUT2D eigenvalue weighted by Crippen LogP contribution is -2.66. The molecule has 3 heteroatoms. The quantitative estimate of drug-likeness (QED) is 0.164. The lowest BCUT2D eigenvalue weighted by Gasteiger charge is -2.43. The summed E-state index contributed by atoms with van der Waals surface area (Å²) >= 11 is 0. The first-order valence-electron chi connectivity index (χ1n) is 13.0. The maximum absolute atomic E-state index is 9.50. The molecule has 0 spiro atoms. The molecule has 0 heterocycles. The molecular formula is C30H46O2Si. The Kier molecular flexibility index (Phi) is 12.2. The third-order valence-corrected chi connectivity index (χ3v) is 11.7. The highest BCUT2D eigenvalue weighted by Gasteiger charge is 2.49. The first kappa shape index (κ1) is 27.6. The van der Waals surface area contributed by atoms with Gasteiger partial charge in [-0.15, -0.1) is 6.58 Å². The summed E-state index contributed by atoms with van der Waals surface area (Å²) in [5, 5.41) is 12.3. The van der Waals surface area contributed by atoms with Gasteiger partial charge in [-0.3, -0.25) is 0 Å². The number of unbranched alkanes of at least 4 members (excludes halogenated alkanes) is 8. The molecule has 0 saturated heterocycles. The SMILES string of the molecule is C=C[C@H](O)CCCCCCCCCCCO[Si](c1ccccc1)(c1ccccc1)C(C)(C)C. The lowest BCUT2D eigenvalue weighted by molar-refractivity contribution is 0.208. The van der Waals surface area contributed by atoms with Crippen LogP contribution in [0, 0.1) is 0 Å². The van der Waals surface area contributed by atoms with Crippen LogP contribution in [0.25, 0.3) is 0 Å². The molecular weight excluding hydrogens is 420 g/mol. The third kappa shape index (κ3) is 8.55. The average molecular weight is 467 g/mol. The minimum atomic E-state index is -2.38. The minimum absolute atomic E-state index is 0.0530. The van der Waals surface area contributed by atoms with E-state index in [0.29, 0.717) is 0 Å². The van der Waals surface area contributed by atoms with Crippen LogP contribution in [-0.2, 0) is 4.43 Å². The van der Waals surface area contributed by atoms with Gasteiger partial charge in [0.2, 0.25) is 0 Å². The maximum Gasteiger partial charge on any atom is 0.261 e. The largest absolute Gasteiger partial charge is 0.407 e. The second-order valence-corrected chi connectivity index (χ2v) is 14.6. The van der Waals surface area contributed by atoms with E-state index in [9.17, 15) is 5.11 Å². The van der Waals surface area contributed by atoms with E-state index in [1.165, 1.54) is 55.3 Å². The maximum atomic E-state index is 9.50. The van der Waals surface area contributed by atoms with Crippen molar-refractivity contribution in [3.63, 3.8) is 0 Å². The summed E-state index contributed by atoms with van der Waals surface area (Å²) < 4.78 is 6.98. The zero-order valence-corrected chi connectivity index (χ0v) is 22.3. The van der Waals surface area contributed by atoms with Crippen molar-refractivity contribution in [1.82, 2.24) is 0 Å². The van der Waals surface area contributed by atoms with Crippen molar-refractivity contribution < 1.29 is 9.53 Å². The highest BCUT2D eigenvalue weighted by Crippen LogP contribution is 2.36. The molecule has 0 aliphatic rings. The molecule has 2 rings (SSSR count). The van der Waals surface area contributed by atoms with Gasteiger partial charge in [0.25, 0.3) is 8.32 Å². The molecule has 2 aromatic carbocycles. The number of hydrogen-bond donors (Lipinski definition) is 1. The Morgan fingerprint density at radius 1 is 0.758 bits per heavy atom. The summed E-state index contributed by atoms with van der Waals surface area (Å²) in [6.45, 7) is 11.5. The van der Waals surface area contributed by atoms with E-state index in [0.717, 1.165) is 25.9 Å². The van der Waals surface area contributed by atoms with Crippen LogP contribution in [0.3, 0.4) is 0 Å². The van der Waals surface area contributed by atoms with E-state index >= 15 is 0 Å². The predicted molar refractivity (Wildman–Crippen MR) is 146 cm³/mol. The van der Waals surface area contributed by atoms with Crippen molar-refractivity contribution in [2.24, 2.45) is 0 Å². The molecule has 1 atom stereocenters. The van der Waals surface area contributed by atoms with Crippen LogP contribution in [-0.4, -0.2) is 26.1 Å². The summed E-state index contributed by atoms with van der Waals surface area (Å²) in [6.07, 6.45) is 13.4. The summed E-state index contributed by atoms with van der Waals surface area (Å²) in [6, 6.07) is 21.9. The zero-order valence-electron chi connectivity index (χ0n) is 21.3. The highest BCUT2D eigenvalue weighted by molar-refractivity contribution is 6.99. The second kappa shape index (κ2) is 14.6. The first-order valence-corrected chi connectivity index (χ1v) is 14.9. The average Bonchev–Trinajstić information content (AvgIpc) is 2.82. The van der Waals surface area contributed by atoms with E-state index in [1.807, 2.05) is 0 Å². The topological polar surface area (TPSA) is 29.5 Å². The molecule has 0 aliphatic carbocycles. The fourth-order valence-electron chi connectivity index (χ4n) is 4.80. The van der Waals surface area contributed by atoms with Gasteiger partial charge in [-0.25, -0.2) is 0 Å². The fourth-order valence-corrected chi connectivity index (χ4v) is 9.40. The van der Waals surface area contributed by atoms with Gasteiger partial charge in [-0.1, -0.05) is 139 Å². The number of benzene rings is 2. The molecule has 2 aromatic rings. The molecule has 0 radical (unpaired) electrons. The van der Waals surface area contributed by atoms with Crippen LogP contribution < -0.4 is 10.4 Å². The Hall–Kier alpha value is -1.68. The highest BCUT2D eigenvalue weighted by atomic mass is 28.4. The fraction of sp³-hybridized carbons (Fsp3) is 0.533. The van der Waals surface area contributed by atoms with Gasteiger partial charge < -0.3 is 9.53 Å². The van der Waals surface area contributed by atoms with Gasteiger partial charge >= 0.3 is 0 Å². The van der Waals surface area contributed by atoms with Crippen LogP contribution in [0.1, 0.15) is 85.0 Å². The number of hydrogen-bond acceptors (Lipinski definition) is 2. The number of rotatable bonds is 16. The summed E-state index contributed by atoms with van der Waals surface area (Å²) in [5.74, 6) is 0. The number of aliphatic hydroxyl groups excluding tert-OH is 1. The summed E-state index contributed by atoms with van der Waals surface area (Å²) in [7, 11) is -2.38. The van der Waals surface area contributed by atoms with Crippen molar-refractivity contribution in [2.75, 3.05) is 6.61 Å². The Bertz CT molecular complexity index is 727. The van der Waals surface area contributed by atoms with Crippen molar-refractivity contribution in [3.05, 3.63) is 73.3 Å². The van der Waals surface area contributed by atoms with Gasteiger partial charge in [0, 0.05) is 6.61 Å². The predicted octanol–water partition coefficient (Wildman–Crippen LogP) is 7.01. The molecule has 0 saturated carbocycles. The van der Waals surface area contributed by atoms with E-state index in [1.54, 1.807) is 6.08 Å². The Labute approximate surface area is 204 Å². The Morgan fingerprint density at radius 3 is 1.61 bits per heavy atom. The van der Waals surface area contributed by atoms with Gasteiger partial charge in [-0.2, -0.15) is 0 Å². The van der Waals surface area contributed by atoms with Gasteiger partial charge in [-0.05, 0) is 28.3 Å². The minimum Gasteiger partial charge on any atom is -0.407 e. The molecule has 0 fully saturated rings. The van der Waals surface area contributed by atoms with Crippen molar-refractivity contribution >= 4 is 18.7 Å². The van der Waals surface area contributed by atoms with Crippen molar-refractivity contribution in [1.29, 1.82) is 0 Å². The monoisotopic (exact) mass is 466 g/mol. The molecule has 0 aliphatic heterocycles. The second-order valence-electron chi connectivity index (χ2n) is 10.3. The summed E-state index contributed by atoms with van der Waals surface area (Å²) in [5.41, 5.74) is 0. The van der Waals surface area contributed by atoms with Crippen LogP contribution >= 0.6 is 0 Å². The van der Waals surface area contributed by atoms with Crippen molar-refractivity contribution in [3.8, 4) is 0 Å². The van der Waals surface area contributed by atoms with E-state index < -0.39 is 8.32 Å².